The molecule has 2 atom stereocenters. The van der Waals surface area contributed by atoms with E-state index in [0.717, 1.165) is 23.5 Å². The summed E-state index contributed by atoms with van der Waals surface area (Å²) >= 11 is 6.29. The summed E-state index contributed by atoms with van der Waals surface area (Å²) in [5.41, 5.74) is 1.31. The monoisotopic (exact) mass is 308 g/mol. The van der Waals surface area contributed by atoms with Crippen molar-refractivity contribution >= 4 is 11.6 Å². The Bertz CT molecular complexity index is 454. The molecule has 3 heteroatoms. The molecule has 2 aliphatic rings. The van der Waals surface area contributed by atoms with Gasteiger partial charge in [-0.3, -0.25) is 0 Å². The second-order valence-corrected chi connectivity index (χ2v) is 7.55. The molecule has 1 aromatic carbocycles. The largest absolute Gasteiger partial charge is 0.323 e. The smallest absolute Gasteiger partial charge is 0.127 e. The van der Waals surface area contributed by atoms with Crippen LogP contribution < -0.4 is 9.80 Å². The molecule has 116 valence electrons. The number of quaternary nitrogens is 2. The maximum Gasteiger partial charge on any atom is 0.127 e. The second kappa shape index (κ2) is 7.13. The van der Waals surface area contributed by atoms with E-state index in [2.05, 4.69) is 19.1 Å². The van der Waals surface area contributed by atoms with Crippen LogP contribution in [0.3, 0.4) is 0 Å². The third kappa shape index (κ3) is 4.00. The summed E-state index contributed by atoms with van der Waals surface area (Å²) in [6.45, 7) is 8.81. The predicted octanol–water partition coefficient (Wildman–Crippen LogP) is 1.20. The van der Waals surface area contributed by atoms with Gasteiger partial charge in [0, 0.05) is 17.0 Å². The molecule has 1 aliphatic carbocycles. The highest BCUT2D eigenvalue weighted by Crippen LogP contribution is 2.21. The molecule has 2 nitrogen and oxygen atoms in total. The highest BCUT2D eigenvalue weighted by molar-refractivity contribution is 6.31. The van der Waals surface area contributed by atoms with Gasteiger partial charge in [-0.15, -0.1) is 0 Å². The van der Waals surface area contributed by atoms with Gasteiger partial charge in [-0.25, -0.2) is 0 Å². The van der Waals surface area contributed by atoms with Crippen molar-refractivity contribution in [2.75, 3.05) is 26.2 Å². The molecule has 1 saturated heterocycles. The Kier molecular flexibility index (Phi) is 5.20. The van der Waals surface area contributed by atoms with Crippen molar-refractivity contribution < 1.29 is 9.80 Å². The van der Waals surface area contributed by atoms with Gasteiger partial charge in [0.05, 0.1) is 6.04 Å². The van der Waals surface area contributed by atoms with Crippen molar-refractivity contribution in [2.45, 2.75) is 45.2 Å². The zero-order valence-corrected chi connectivity index (χ0v) is 14.0. The average molecular weight is 309 g/mol. The van der Waals surface area contributed by atoms with Crippen molar-refractivity contribution in [3.8, 4) is 0 Å². The Labute approximate surface area is 134 Å². The van der Waals surface area contributed by atoms with E-state index in [4.69, 9.17) is 11.6 Å². The Morgan fingerprint density at radius 2 is 1.86 bits per heavy atom. The van der Waals surface area contributed by atoms with E-state index in [0.29, 0.717) is 0 Å². The third-order valence-corrected chi connectivity index (χ3v) is 5.88. The van der Waals surface area contributed by atoms with Gasteiger partial charge in [0.1, 0.15) is 32.7 Å². The Balaban J connectivity index is 1.50. The van der Waals surface area contributed by atoms with E-state index in [1.54, 1.807) is 4.90 Å². The topological polar surface area (TPSA) is 8.88 Å². The van der Waals surface area contributed by atoms with Gasteiger partial charge in [-0.05, 0) is 24.8 Å². The fraction of sp³-hybridized carbons (Fsp3) is 0.667. The number of nitrogens with one attached hydrogen (secondary N) is 2. The minimum Gasteiger partial charge on any atom is -0.323 e. The molecule has 2 N–H and O–H groups in total. The minimum atomic E-state index is 0.931. The number of halogens is 1. The van der Waals surface area contributed by atoms with E-state index < -0.39 is 0 Å². The van der Waals surface area contributed by atoms with Crippen LogP contribution >= 0.6 is 11.6 Å². The van der Waals surface area contributed by atoms with Crippen molar-refractivity contribution in [1.29, 1.82) is 0 Å². The molecule has 21 heavy (non-hydrogen) atoms. The molecule has 0 amide bonds. The molecule has 1 saturated carbocycles. The lowest BCUT2D eigenvalue weighted by Gasteiger charge is -2.37. The fourth-order valence-electron chi connectivity index (χ4n) is 4.23. The van der Waals surface area contributed by atoms with E-state index >= 15 is 0 Å². The SMILES string of the molecule is C[C@@H]1CCC[C@H]([NH+]2CC[NH+](Cc3ccccc3Cl)CC2)C1. The van der Waals surface area contributed by atoms with Crippen LogP contribution in [0.4, 0.5) is 0 Å². The summed E-state index contributed by atoms with van der Waals surface area (Å²) in [6, 6.07) is 9.26. The highest BCUT2D eigenvalue weighted by atomic mass is 35.5. The maximum atomic E-state index is 6.29. The first-order valence-corrected chi connectivity index (χ1v) is 9.01. The first-order chi connectivity index (χ1) is 10.2. The molecule has 0 unspecified atom stereocenters. The number of hydrogen-bond acceptors (Lipinski definition) is 0. The zero-order chi connectivity index (χ0) is 14.7. The summed E-state index contributed by atoms with van der Waals surface area (Å²) in [5, 5.41) is 0.931. The molecule has 1 heterocycles. The summed E-state index contributed by atoms with van der Waals surface area (Å²) in [4.78, 5) is 3.58. The highest BCUT2D eigenvalue weighted by Gasteiger charge is 2.32. The molecule has 1 aliphatic heterocycles. The molecule has 0 radical (unpaired) electrons. The molecular formula is C18H29ClN2+2. The fourth-order valence-corrected chi connectivity index (χ4v) is 4.43. The van der Waals surface area contributed by atoms with Gasteiger partial charge in [0.25, 0.3) is 0 Å². The van der Waals surface area contributed by atoms with Crippen molar-refractivity contribution in [2.24, 2.45) is 5.92 Å². The van der Waals surface area contributed by atoms with Crippen LogP contribution in [0.5, 0.6) is 0 Å². The molecule has 0 aromatic heterocycles. The summed E-state index contributed by atoms with van der Waals surface area (Å²) < 4.78 is 0. The van der Waals surface area contributed by atoms with Crippen LogP contribution in [-0.2, 0) is 6.54 Å². The Morgan fingerprint density at radius 3 is 2.57 bits per heavy atom. The van der Waals surface area contributed by atoms with E-state index in [-0.39, 0.29) is 0 Å². The minimum absolute atomic E-state index is 0.931. The van der Waals surface area contributed by atoms with Gasteiger partial charge in [0.15, 0.2) is 0 Å². The predicted molar refractivity (Wildman–Crippen MR) is 88.0 cm³/mol. The number of hydrogen-bond donors (Lipinski definition) is 2. The normalized spacial score (nSPS) is 33.8. The van der Waals surface area contributed by atoms with Crippen LogP contribution in [0.1, 0.15) is 38.2 Å². The van der Waals surface area contributed by atoms with E-state index in [9.17, 15) is 0 Å². The van der Waals surface area contributed by atoms with Gasteiger partial charge < -0.3 is 9.80 Å². The first kappa shape index (κ1) is 15.3. The zero-order valence-electron chi connectivity index (χ0n) is 13.2. The summed E-state index contributed by atoms with van der Waals surface area (Å²) in [7, 11) is 0. The van der Waals surface area contributed by atoms with Crippen LogP contribution in [0, 0.1) is 5.92 Å². The first-order valence-electron chi connectivity index (χ1n) is 8.64. The quantitative estimate of drug-likeness (QED) is 0.830. The van der Waals surface area contributed by atoms with Gasteiger partial charge >= 0.3 is 0 Å². The van der Waals surface area contributed by atoms with Crippen LogP contribution in [0.15, 0.2) is 24.3 Å². The Morgan fingerprint density at radius 1 is 1.10 bits per heavy atom. The van der Waals surface area contributed by atoms with Crippen molar-refractivity contribution in [3.05, 3.63) is 34.9 Å². The van der Waals surface area contributed by atoms with Gasteiger partial charge in [-0.2, -0.15) is 0 Å². The molecule has 0 bridgehead atoms. The number of piperazine rings is 1. The van der Waals surface area contributed by atoms with Crippen LogP contribution in [0.25, 0.3) is 0 Å². The molecule has 1 aromatic rings. The van der Waals surface area contributed by atoms with Gasteiger partial charge in [0.2, 0.25) is 0 Å². The van der Waals surface area contributed by atoms with Crippen molar-refractivity contribution in [3.63, 3.8) is 0 Å². The van der Waals surface area contributed by atoms with Crippen LogP contribution in [-0.4, -0.2) is 32.2 Å². The third-order valence-electron chi connectivity index (χ3n) is 5.51. The summed E-state index contributed by atoms with van der Waals surface area (Å²) in [5.74, 6) is 0.949. The summed E-state index contributed by atoms with van der Waals surface area (Å²) in [6.07, 6.45) is 5.81. The van der Waals surface area contributed by atoms with E-state index in [1.165, 1.54) is 57.4 Å². The molecule has 0 spiro atoms. The molecule has 3 rings (SSSR count). The lowest BCUT2D eigenvalue weighted by Crippen LogP contribution is -3.29. The van der Waals surface area contributed by atoms with E-state index in [1.807, 2.05) is 17.0 Å². The second-order valence-electron chi connectivity index (χ2n) is 7.15. The van der Waals surface area contributed by atoms with Gasteiger partial charge in [-0.1, -0.05) is 43.1 Å². The van der Waals surface area contributed by atoms with Crippen molar-refractivity contribution in [1.82, 2.24) is 0 Å². The standard InChI is InChI=1S/C18H27ClN2/c1-15-5-4-7-17(13-15)21-11-9-20(10-12-21)14-16-6-2-3-8-18(16)19/h2-3,6,8,15,17H,4-5,7,9-14H2,1H3/p+2/t15-,17+/m1/s1. The number of benzene rings is 1. The lowest BCUT2D eigenvalue weighted by molar-refractivity contribution is -1.03. The average Bonchev–Trinajstić information content (AvgIpc) is 2.50. The molecule has 2 fully saturated rings. The molecular weight excluding hydrogens is 280 g/mol. The van der Waals surface area contributed by atoms with Crippen LogP contribution in [0.2, 0.25) is 5.02 Å². The lowest BCUT2D eigenvalue weighted by atomic mass is 9.86. The maximum absolute atomic E-state index is 6.29. The Hall–Kier alpha value is -0.570. The number of rotatable bonds is 3.